The first-order valence-corrected chi connectivity index (χ1v) is 6.01. The average Bonchev–Trinajstić information content (AvgIpc) is 2.36. The Labute approximate surface area is 112 Å². The molecule has 0 radical (unpaired) electrons. The van der Waals surface area contributed by atoms with E-state index in [9.17, 15) is 4.79 Å². The van der Waals surface area contributed by atoms with Gasteiger partial charge in [-0.3, -0.25) is 4.79 Å². The number of aryl methyl sites for hydroxylation is 2. The molecule has 2 aromatic rings. The number of anilines is 3. The molecule has 0 spiro atoms. The molecule has 5 N–H and O–H groups in total. The van der Waals surface area contributed by atoms with E-state index in [1.165, 1.54) is 5.56 Å². The van der Waals surface area contributed by atoms with E-state index in [4.69, 9.17) is 11.5 Å². The minimum atomic E-state index is -0.481. The number of hydrogen-bond donors (Lipinski definition) is 3. The van der Waals surface area contributed by atoms with Gasteiger partial charge < -0.3 is 16.8 Å². The minimum Gasteiger partial charge on any atom is -0.397 e. The molecule has 0 fully saturated rings. The summed E-state index contributed by atoms with van der Waals surface area (Å²) in [5, 5.41) is 3.27. The van der Waals surface area contributed by atoms with Gasteiger partial charge in [0.1, 0.15) is 0 Å². The van der Waals surface area contributed by atoms with E-state index < -0.39 is 5.91 Å². The molecular formula is C15H17N3O. The molecule has 0 aliphatic carbocycles. The molecule has 4 heteroatoms. The zero-order chi connectivity index (χ0) is 14.0. The molecule has 2 aromatic carbocycles. The molecule has 0 aromatic heterocycles. The third kappa shape index (κ3) is 2.85. The van der Waals surface area contributed by atoms with Crippen LogP contribution in [0.1, 0.15) is 21.5 Å². The van der Waals surface area contributed by atoms with Crippen molar-refractivity contribution in [2.75, 3.05) is 11.1 Å². The highest BCUT2D eigenvalue weighted by atomic mass is 16.1. The van der Waals surface area contributed by atoms with Gasteiger partial charge in [0.05, 0.1) is 11.4 Å². The molecule has 0 unspecified atom stereocenters. The summed E-state index contributed by atoms with van der Waals surface area (Å²) in [6.45, 7) is 4.06. The molecule has 0 aliphatic heterocycles. The van der Waals surface area contributed by atoms with Crippen LogP contribution in [0.5, 0.6) is 0 Å². The summed E-state index contributed by atoms with van der Waals surface area (Å²) in [6.07, 6.45) is 0. The van der Waals surface area contributed by atoms with E-state index in [-0.39, 0.29) is 0 Å². The molecule has 2 rings (SSSR count). The quantitative estimate of drug-likeness (QED) is 0.737. The van der Waals surface area contributed by atoms with Crippen LogP contribution in [0.25, 0.3) is 0 Å². The highest BCUT2D eigenvalue weighted by Crippen LogP contribution is 2.26. The number of nitrogens with two attached hydrogens (primary N) is 2. The van der Waals surface area contributed by atoms with Crippen LogP contribution in [0, 0.1) is 13.8 Å². The van der Waals surface area contributed by atoms with Crippen molar-refractivity contribution in [3.8, 4) is 0 Å². The predicted molar refractivity (Wildman–Crippen MR) is 78.6 cm³/mol. The summed E-state index contributed by atoms with van der Waals surface area (Å²) in [6, 6.07) is 11.2. The normalized spacial score (nSPS) is 10.2. The average molecular weight is 255 g/mol. The number of carbonyl (C=O) groups excluding carboxylic acids is 1. The van der Waals surface area contributed by atoms with Gasteiger partial charge in [-0.1, -0.05) is 12.1 Å². The van der Waals surface area contributed by atoms with Crippen LogP contribution in [0.15, 0.2) is 36.4 Å². The van der Waals surface area contributed by atoms with Crippen molar-refractivity contribution in [3.63, 3.8) is 0 Å². The second-order valence-corrected chi connectivity index (χ2v) is 4.61. The smallest absolute Gasteiger partial charge is 0.248 e. The Bertz CT molecular complexity index is 635. The summed E-state index contributed by atoms with van der Waals surface area (Å²) in [4.78, 5) is 11.1. The van der Waals surface area contributed by atoms with Crippen LogP contribution < -0.4 is 16.8 Å². The Morgan fingerprint density at radius 3 is 2.42 bits per heavy atom. The molecule has 0 heterocycles. The fourth-order valence-corrected chi connectivity index (χ4v) is 1.85. The summed E-state index contributed by atoms with van der Waals surface area (Å²) in [5.41, 5.74) is 16.1. The van der Waals surface area contributed by atoms with Gasteiger partial charge in [0.2, 0.25) is 5.91 Å². The molecule has 4 nitrogen and oxygen atoms in total. The third-order valence-corrected chi connectivity index (χ3v) is 3.00. The highest BCUT2D eigenvalue weighted by molar-refractivity contribution is 5.95. The van der Waals surface area contributed by atoms with E-state index in [0.29, 0.717) is 11.3 Å². The molecule has 0 aliphatic rings. The maximum absolute atomic E-state index is 11.1. The number of hydrogen-bond acceptors (Lipinski definition) is 3. The maximum Gasteiger partial charge on any atom is 0.248 e. The molecular weight excluding hydrogens is 238 g/mol. The van der Waals surface area contributed by atoms with Crippen LogP contribution in [0.2, 0.25) is 0 Å². The molecule has 0 saturated heterocycles. The van der Waals surface area contributed by atoms with Crippen molar-refractivity contribution in [1.82, 2.24) is 0 Å². The maximum atomic E-state index is 11.1. The largest absolute Gasteiger partial charge is 0.397 e. The zero-order valence-corrected chi connectivity index (χ0v) is 11.0. The van der Waals surface area contributed by atoms with Crippen molar-refractivity contribution < 1.29 is 4.79 Å². The lowest BCUT2D eigenvalue weighted by atomic mass is 10.1. The van der Waals surface area contributed by atoms with Crippen molar-refractivity contribution in [2.24, 2.45) is 5.73 Å². The van der Waals surface area contributed by atoms with Crippen molar-refractivity contribution in [3.05, 3.63) is 53.1 Å². The lowest BCUT2D eigenvalue weighted by Gasteiger charge is -2.13. The fraction of sp³-hybridized carbons (Fsp3) is 0.133. The lowest BCUT2D eigenvalue weighted by molar-refractivity contribution is 0.100. The number of carbonyl (C=O) groups is 1. The summed E-state index contributed by atoms with van der Waals surface area (Å²) >= 11 is 0. The number of amides is 1. The van der Waals surface area contributed by atoms with Gasteiger partial charge in [0, 0.05) is 11.3 Å². The van der Waals surface area contributed by atoms with Crippen LogP contribution in [0.4, 0.5) is 17.1 Å². The summed E-state index contributed by atoms with van der Waals surface area (Å²) < 4.78 is 0. The predicted octanol–water partition coefficient (Wildman–Crippen LogP) is 2.73. The van der Waals surface area contributed by atoms with Crippen LogP contribution in [0.3, 0.4) is 0 Å². The highest BCUT2D eigenvalue weighted by Gasteiger charge is 2.06. The minimum absolute atomic E-state index is 0.406. The van der Waals surface area contributed by atoms with Gasteiger partial charge in [-0.2, -0.15) is 0 Å². The first kappa shape index (κ1) is 13.0. The Kier molecular flexibility index (Phi) is 3.42. The molecule has 0 atom stereocenters. The number of primary amides is 1. The van der Waals surface area contributed by atoms with Crippen molar-refractivity contribution in [2.45, 2.75) is 13.8 Å². The van der Waals surface area contributed by atoms with E-state index in [2.05, 4.69) is 17.4 Å². The monoisotopic (exact) mass is 255 g/mol. The Morgan fingerprint density at radius 1 is 1.05 bits per heavy atom. The number of benzene rings is 2. The topological polar surface area (TPSA) is 81.1 Å². The second kappa shape index (κ2) is 5.02. The SMILES string of the molecule is Cc1ccc(C)c(Nc2ccc(C(N)=O)cc2N)c1. The first-order valence-electron chi connectivity index (χ1n) is 6.01. The van der Waals surface area contributed by atoms with Gasteiger partial charge in [-0.15, -0.1) is 0 Å². The van der Waals surface area contributed by atoms with Crippen LogP contribution >= 0.6 is 0 Å². The van der Waals surface area contributed by atoms with Gasteiger partial charge in [0.15, 0.2) is 0 Å². The Morgan fingerprint density at radius 2 is 1.79 bits per heavy atom. The summed E-state index contributed by atoms with van der Waals surface area (Å²) in [5.74, 6) is -0.481. The molecule has 0 bridgehead atoms. The molecule has 19 heavy (non-hydrogen) atoms. The van der Waals surface area contributed by atoms with Crippen LogP contribution in [-0.4, -0.2) is 5.91 Å². The van der Waals surface area contributed by atoms with Gasteiger partial charge in [0.25, 0.3) is 0 Å². The van der Waals surface area contributed by atoms with Crippen LogP contribution in [-0.2, 0) is 0 Å². The van der Waals surface area contributed by atoms with E-state index >= 15 is 0 Å². The van der Waals surface area contributed by atoms with Gasteiger partial charge in [-0.25, -0.2) is 0 Å². The van der Waals surface area contributed by atoms with E-state index in [1.807, 2.05) is 19.9 Å². The second-order valence-electron chi connectivity index (χ2n) is 4.61. The Balaban J connectivity index is 2.33. The molecule has 98 valence electrons. The van der Waals surface area contributed by atoms with E-state index in [0.717, 1.165) is 16.9 Å². The molecule has 1 amide bonds. The van der Waals surface area contributed by atoms with Crippen molar-refractivity contribution >= 4 is 23.0 Å². The standard InChI is InChI=1S/C15H17N3O/c1-9-3-4-10(2)14(7-9)18-13-6-5-11(15(17)19)8-12(13)16/h3-8,18H,16H2,1-2H3,(H2,17,19). The Hall–Kier alpha value is -2.49. The number of nitrogen functional groups attached to an aromatic ring is 1. The van der Waals surface area contributed by atoms with Gasteiger partial charge >= 0.3 is 0 Å². The summed E-state index contributed by atoms with van der Waals surface area (Å²) in [7, 11) is 0. The lowest BCUT2D eigenvalue weighted by Crippen LogP contribution is -2.11. The van der Waals surface area contributed by atoms with Crippen molar-refractivity contribution in [1.29, 1.82) is 0 Å². The number of rotatable bonds is 3. The third-order valence-electron chi connectivity index (χ3n) is 3.00. The molecule has 0 saturated carbocycles. The zero-order valence-electron chi connectivity index (χ0n) is 11.0. The van der Waals surface area contributed by atoms with E-state index in [1.54, 1.807) is 18.2 Å². The number of nitrogens with one attached hydrogen (secondary N) is 1. The van der Waals surface area contributed by atoms with Gasteiger partial charge in [-0.05, 0) is 49.2 Å². The first-order chi connectivity index (χ1) is 8.97. The fourth-order valence-electron chi connectivity index (χ4n) is 1.85.